The fourth-order valence-electron chi connectivity index (χ4n) is 7.16. The van der Waals surface area contributed by atoms with Gasteiger partial charge in [-0.2, -0.15) is 0 Å². The number of hydrogen-bond donors (Lipinski definition) is 0. The van der Waals surface area contributed by atoms with Crippen LogP contribution in [-0.4, -0.2) is 23.6 Å². The molecule has 0 aromatic carbocycles. The molecule has 4 rings (SSSR count). The lowest BCUT2D eigenvalue weighted by Crippen LogP contribution is -2.49. The van der Waals surface area contributed by atoms with Gasteiger partial charge in [0.2, 0.25) is 0 Å². The van der Waals surface area contributed by atoms with E-state index in [1.165, 1.54) is 11.1 Å². The lowest BCUT2D eigenvalue weighted by molar-refractivity contribution is -0.153. The largest absolute Gasteiger partial charge is 0.462 e. The Labute approximate surface area is 174 Å². The highest BCUT2D eigenvalue weighted by Gasteiger charge is 2.58. The van der Waals surface area contributed by atoms with Crippen molar-refractivity contribution in [2.24, 2.45) is 35.0 Å². The predicted molar refractivity (Wildman–Crippen MR) is 111 cm³/mol. The summed E-state index contributed by atoms with van der Waals surface area (Å²) in [5, 5.41) is 0. The molecule has 0 saturated heterocycles. The van der Waals surface area contributed by atoms with Crippen LogP contribution in [-0.2, 0) is 19.1 Å². The van der Waals surface area contributed by atoms with Gasteiger partial charge >= 0.3 is 5.97 Å². The molecule has 0 aromatic rings. The lowest BCUT2D eigenvalue weighted by Gasteiger charge is -2.55. The molecule has 29 heavy (non-hydrogen) atoms. The molecule has 0 N–H and O–H groups in total. The summed E-state index contributed by atoms with van der Waals surface area (Å²) in [4.78, 5) is 37.1. The second-order valence-electron chi connectivity index (χ2n) is 9.95. The molecule has 0 aliphatic heterocycles. The van der Waals surface area contributed by atoms with Gasteiger partial charge in [-0.15, -0.1) is 0 Å². The zero-order valence-corrected chi connectivity index (χ0v) is 18.2. The molecule has 6 unspecified atom stereocenters. The van der Waals surface area contributed by atoms with Crippen molar-refractivity contribution in [1.82, 2.24) is 0 Å². The Morgan fingerprint density at radius 3 is 2.72 bits per heavy atom. The maximum Gasteiger partial charge on any atom is 0.306 e. The first-order valence-electron chi connectivity index (χ1n) is 11.4. The Hall–Kier alpha value is -1.71. The van der Waals surface area contributed by atoms with Crippen LogP contribution in [0.4, 0.5) is 0 Å². The summed E-state index contributed by atoms with van der Waals surface area (Å²) in [7, 11) is 0. The maximum absolute atomic E-state index is 12.9. The van der Waals surface area contributed by atoms with Gasteiger partial charge in [0.15, 0.2) is 5.78 Å². The molecule has 4 heteroatoms. The van der Waals surface area contributed by atoms with E-state index in [2.05, 4.69) is 13.8 Å². The summed E-state index contributed by atoms with van der Waals surface area (Å²) in [5.74, 6) is 1.81. The third kappa shape index (κ3) is 3.23. The average Bonchev–Trinajstić information content (AvgIpc) is 3.00. The molecule has 0 spiro atoms. The van der Waals surface area contributed by atoms with Crippen LogP contribution in [0.15, 0.2) is 23.3 Å². The highest BCUT2D eigenvalue weighted by atomic mass is 16.5. The first-order chi connectivity index (χ1) is 13.8. The van der Waals surface area contributed by atoms with Crippen LogP contribution in [0.25, 0.3) is 0 Å². The monoisotopic (exact) mass is 398 g/mol. The number of esters is 1. The number of rotatable bonds is 4. The molecular formula is C25H34O4. The van der Waals surface area contributed by atoms with E-state index in [-0.39, 0.29) is 35.1 Å². The quantitative estimate of drug-likeness (QED) is 0.637. The SMILES string of the molecule is CCCC(=O)OC(C)[C@H]1CC(=O)C2CCC3C(CCC4=CC(=O)C=C(C)C43C)C21. The van der Waals surface area contributed by atoms with Gasteiger partial charge in [0.1, 0.15) is 11.9 Å². The molecule has 4 aliphatic carbocycles. The van der Waals surface area contributed by atoms with E-state index in [1.807, 2.05) is 26.0 Å². The van der Waals surface area contributed by atoms with E-state index >= 15 is 0 Å². The number of carbonyl (C=O) groups is 3. The molecule has 4 nitrogen and oxygen atoms in total. The molecule has 3 fully saturated rings. The van der Waals surface area contributed by atoms with Crippen LogP contribution >= 0.6 is 0 Å². The molecular weight excluding hydrogens is 364 g/mol. The topological polar surface area (TPSA) is 60.4 Å². The van der Waals surface area contributed by atoms with Crippen LogP contribution < -0.4 is 0 Å². The first kappa shape index (κ1) is 20.6. The van der Waals surface area contributed by atoms with Gasteiger partial charge in [-0.25, -0.2) is 0 Å². The molecule has 7 atom stereocenters. The normalized spacial score (nSPS) is 39.7. The second kappa shape index (κ2) is 7.52. The second-order valence-corrected chi connectivity index (χ2v) is 9.95. The predicted octanol–water partition coefficient (Wildman–Crippen LogP) is 4.82. The van der Waals surface area contributed by atoms with Gasteiger partial charge in [-0.05, 0) is 75.9 Å². The Bertz CT molecular complexity index is 791. The highest BCUT2D eigenvalue weighted by molar-refractivity contribution is 6.02. The zero-order chi connectivity index (χ0) is 20.9. The number of ether oxygens (including phenoxy) is 1. The van der Waals surface area contributed by atoms with E-state index in [1.54, 1.807) is 0 Å². The molecule has 158 valence electrons. The third-order valence-corrected chi connectivity index (χ3v) is 8.63. The fraction of sp³-hybridized carbons (Fsp3) is 0.720. The molecule has 0 heterocycles. The highest BCUT2D eigenvalue weighted by Crippen LogP contribution is 2.63. The van der Waals surface area contributed by atoms with Crippen molar-refractivity contribution in [3.05, 3.63) is 23.3 Å². The van der Waals surface area contributed by atoms with Crippen LogP contribution in [0, 0.1) is 35.0 Å². The summed E-state index contributed by atoms with van der Waals surface area (Å²) >= 11 is 0. The van der Waals surface area contributed by atoms with E-state index in [0.29, 0.717) is 36.4 Å². The van der Waals surface area contributed by atoms with Crippen LogP contribution in [0.1, 0.15) is 72.6 Å². The summed E-state index contributed by atoms with van der Waals surface area (Å²) < 4.78 is 5.76. The molecule has 0 aromatic heterocycles. The first-order valence-corrected chi connectivity index (χ1v) is 11.4. The Kier molecular flexibility index (Phi) is 5.33. The summed E-state index contributed by atoms with van der Waals surface area (Å²) in [5.41, 5.74) is 2.39. The zero-order valence-electron chi connectivity index (χ0n) is 18.2. The summed E-state index contributed by atoms with van der Waals surface area (Å²) in [6.07, 6.45) is 9.18. The number of ketones is 2. The van der Waals surface area contributed by atoms with Gasteiger partial charge in [0.05, 0.1) is 0 Å². The van der Waals surface area contributed by atoms with E-state index in [4.69, 9.17) is 4.74 Å². The number of hydrogen-bond acceptors (Lipinski definition) is 4. The van der Waals surface area contributed by atoms with Crippen LogP contribution in [0.3, 0.4) is 0 Å². The van der Waals surface area contributed by atoms with Crippen molar-refractivity contribution in [3.8, 4) is 0 Å². The van der Waals surface area contributed by atoms with Gasteiger partial charge in [0.25, 0.3) is 0 Å². The van der Waals surface area contributed by atoms with Crippen molar-refractivity contribution in [2.75, 3.05) is 0 Å². The number of allylic oxidation sites excluding steroid dienone is 4. The number of carbonyl (C=O) groups excluding carboxylic acids is 3. The smallest absolute Gasteiger partial charge is 0.306 e. The minimum atomic E-state index is -0.207. The van der Waals surface area contributed by atoms with Gasteiger partial charge < -0.3 is 4.74 Å². The third-order valence-electron chi connectivity index (χ3n) is 8.63. The van der Waals surface area contributed by atoms with E-state index in [0.717, 1.165) is 32.1 Å². The minimum Gasteiger partial charge on any atom is -0.462 e. The Morgan fingerprint density at radius 1 is 1.24 bits per heavy atom. The summed E-state index contributed by atoms with van der Waals surface area (Å²) in [6, 6.07) is 0. The molecule has 0 amide bonds. The minimum absolute atomic E-state index is 0.0693. The van der Waals surface area contributed by atoms with Crippen molar-refractivity contribution in [3.63, 3.8) is 0 Å². The maximum atomic E-state index is 12.9. The van der Waals surface area contributed by atoms with Crippen LogP contribution in [0.2, 0.25) is 0 Å². The summed E-state index contributed by atoms with van der Waals surface area (Å²) in [6.45, 7) is 8.37. The van der Waals surface area contributed by atoms with Crippen LogP contribution in [0.5, 0.6) is 0 Å². The number of Topliss-reactive ketones (excluding diaryl/α,β-unsaturated/α-hetero) is 1. The molecule has 4 aliphatic rings. The van der Waals surface area contributed by atoms with Crippen molar-refractivity contribution in [2.45, 2.75) is 78.7 Å². The Morgan fingerprint density at radius 2 is 2.00 bits per heavy atom. The Balaban J connectivity index is 1.62. The molecule has 3 saturated carbocycles. The van der Waals surface area contributed by atoms with Gasteiger partial charge in [0, 0.05) is 30.1 Å². The van der Waals surface area contributed by atoms with Crippen molar-refractivity contribution < 1.29 is 19.1 Å². The standard InChI is InChI=1S/C25H34O4/c1-5-6-23(28)29-15(3)20-13-22(27)19-9-10-21-18(24(19)20)8-7-16-12-17(26)11-14(2)25(16,21)4/h11-12,15,18-21,24H,5-10,13H2,1-4H3/t15?,18?,19?,20-,21?,24?,25?/m1/s1. The van der Waals surface area contributed by atoms with Crippen molar-refractivity contribution in [1.29, 1.82) is 0 Å². The lowest BCUT2D eigenvalue weighted by atomic mass is 9.48. The van der Waals surface area contributed by atoms with Gasteiger partial charge in [-0.3, -0.25) is 14.4 Å². The fourth-order valence-corrected chi connectivity index (χ4v) is 7.16. The average molecular weight is 399 g/mol. The van der Waals surface area contributed by atoms with E-state index < -0.39 is 0 Å². The molecule has 0 radical (unpaired) electrons. The van der Waals surface area contributed by atoms with Crippen molar-refractivity contribution >= 4 is 17.5 Å². The molecule has 0 bridgehead atoms. The number of fused-ring (bicyclic) bond motifs is 5. The van der Waals surface area contributed by atoms with E-state index in [9.17, 15) is 14.4 Å². The van der Waals surface area contributed by atoms with Gasteiger partial charge in [-0.1, -0.05) is 25.0 Å².